The van der Waals surface area contributed by atoms with E-state index in [0.717, 1.165) is 0 Å². The highest BCUT2D eigenvalue weighted by atomic mass is 16.5. The number of hydrogen-bond acceptors (Lipinski definition) is 4. The van der Waals surface area contributed by atoms with Crippen molar-refractivity contribution in [1.29, 1.82) is 0 Å². The van der Waals surface area contributed by atoms with Gasteiger partial charge in [0.1, 0.15) is 5.75 Å². The fourth-order valence-electron chi connectivity index (χ4n) is 1.18. The average Bonchev–Trinajstić information content (AvgIpc) is 2.16. The predicted molar refractivity (Wildman–Crippen MR) is 58.0 cm³/mol. The molecular formula is C11H15NO3. The fraction of sp³-hybridized carbons (Fsp3) is 0.364. The Labute approximate surface area is 89.0 Å². The van der Waals surface area contributed by atoms with Crippen LogP contribution < -0.4 is 10.5 Å². The molecule has 1 aromatic rings. The summed E-state index contributed by atoms with van der Waals surface area (Å²) in [4.78, 5) is 11.2. The lowest BCUT2D eigenvalue weighted by Crippen LogP contribution is -2.08. The van der Waals surface area contributed by atoms with Crippen molar-refractivity contribution in [1.82, 2.24) is 0 Å². The Morgan fingerprint density at radius 2 is 2.07 bits per heavy atom. The van der Waals surface area contributed by atoms with E-state index in [4.69, 9.17) is 10.5 Å². The van der Waals surface area contributed by atoms with E-state index in [0.29, 0.717) is 17.0 Å². The van der Waals surface area contributed by atoms with Crippen LogP contribution >= 0.6 is 0 Å². The van der Waals surface area contributed by atoms with E-state index in [1.807, 2.05) is 13.8 Å². The van der Waals surface area contributed by atoms with Gasteiger partial charge in [0.15, 0.2) is 0 Å². The number of nitrogen functional groups attached to an aromatic ring is 1. The molecule has 0 saturated heterocycles. The van der Waals surface area contributed by atoms with Crippen molar-refractivity contribution in [2.24, 2.45) is 0 Å². The van der Waals surface area contributed by atoms with Crippen LogP contribution in [0.15, 0.2) is 18.2 Å². The Balaban J connectivity index is 2.93. The van der Waals surface area contributed by atoms with Crippen molar-refractivity contribution >= 4 is 11.7 Å². The first-order chi connectivity index (χ1) is 7.04. The number of anilines is 1. The Kier molecular flexibility index (Phi) is 3.55. The highest BCUT2D eigenvalue weighted by Gasteiger charge is 2.10. The molecule has 0 unspecified atom stereocenters. The number of benzene rings is 1. The highest BCUT2D eigenvalue weighted by molar-refractivity contribution is 5.95. The molecule has 1 aromatic carbocycles. The number of carbonyl (C=O) groups excluding carboxylic acids is 1. The molecule has 0 radical (unpaired) electrons. The minimum atomic E-state index is -0.441. The van der Waals surface area contributed by atoms with E-state index >= 15 is 0 Å². The number of ether oxygens (including phenoxy) is 2. The van der Waals surface area contributed by atoms with E-state index in [-0.39, 0.29) is 6.10 Å². The van der Waals surface area contributed by atoms with Crippen LogP contribution in [-0.4, -0.2) is 19.2 Å². The molecule has 1 rings (SSSR count). The maximum Gasteiger partial charge on any atom is 0.339 e. The number of nitrogens with two attached hydrogens (primary N) is 1. The van der Waals surface area contributed by atoms with Crippen LogP contribution in [0.25, 0.3) is 0 Å². The Bertz CT molecular complexity index is 361. The van der Waals surface area contributed by atoms with Gasteiger partial charge in [-0.05, 0) is 26.0 Å². The summed E-state index contributed by atoms with van der Waals surface area (Å²) in [5, 5.41) is 0. The zero-order chi connectivity index (χ0) is 11.4. The van der Waals surface area contributed by atoms with Crippen LogP contribution in [0.3, 0.4) is 0 Å². The average molecular weight is 209 g/mol. The molecule has 2 N–H and O–H groups in total. The molecule has 0 aliphatic rings. The van der Waals surface area contributed by atoms with Crippen LogP contribution in [0.1, 0.15) is 24.2 Å². The lowest BCUT2D eigenvalue weighted by atomic mass is 10.2. The number of esters is 1. The minimum Gasteiger partial charge on any atom is -0.491 e. The molecule has 0 aliphatic heterocycles. The maximum absolute atomic E-state index is 11.2. The zero-order valence-corrected chi connectivity index (χ0v) is 9.11. The SMILES string of the molecule is COC(=O)c1ccc(OC(C)C)cc1N. The first-order valence-corrected chi connectivity index (χ1v) is 4.69. The lowest BCUT2D eigenvalue weighted by Gasteiger charge is -2.11. The van der Waals surface area contributed by atoms with Crippen molar-refractivity contribution in [3.05, 3.63) is 23.8 Å². The van der Waals surface area contributed by atoms with E-state index in [1.54, 1.807) is 18.2 Å². The van der Waals surface area contributed by atoms with Crippen LogP contribution in [0, 0.1) is 0 Å². The molecule has 15 heavy (non-hydrogen) atoms. The van der Waals surface area contributed by atoms with Crippen molar-refractivity contribution in [2.75, 3.05) is 12.8 Å². The summed E-state index contributed by atoms with van der Waals surface area (Å²) in [7, 11) is 1.32. The van der Waals surface area contributed by atoms with Gasteiger partial charge >= 0.3 is 5.97 Å². The smallest absolute Gasteiger partial charge is 0.339 e. The van der Waals surface area contributed by atoms with Gasteiger partial charge in [-0.1, -0.05) is 0 Å². The Morgan fingerprint density at radius 3 is 2.53 bits per heavy atom. The van der Waals surface area contributed by atoms with Crippen molar-refractivity contribution < 1.29 is 14.3 Å². The molecule has 0 atom stereocenters. The molecule has 0 aliphatic carbocycles. The van der Waals surface area contributed by atoms with Gasteiger partial charge in [-0.15, -0.1) is 0 Å². The molecule has 0 amide bonds. The summed E-state index contributed by atoms with van der Waals surface area (Å²) in [5.41, 5.74) is 6.41. The van der Waals surface area contributed by atoms with Crippen LogP contribution in [0.5, 0.6) is 5.75 Å². The van der Waals surface area contributed by atoms with E-state index < -0.39 is 5.97 Å². The highest BCUT2D eigenvalue weighted by Crippen LogP contribution is 2.21. The molecule has 4 nitrogen and oxygen atoms in total. The summed E-state index contributed by atoms with van der Waals surface area (Å²) >= 11 is 0. The summed E-state index contributed by atoms with van der Waals surface area (Å²) in [6, 6.07) is 4.91. The topological polar surface area (TPSA) is 61.5 Å². The first kappa shape index (κ1) is 11.4. The molecule has 0 heterocycles. The third kappa shape index (κ3) is 2.87. The van der Waals surface area contributed by atoms with Gasteiger partial charge in [0.2, 0.25) is 0 Å². The van der Waals surface area contributed by atoms with Gasteiger partial charge in [-0.2, -0.15) is 0 Å². The molecule has 4 heteroatoms. The third-order valence-electron chi connectivity index (χ3n) is 1.80. The molecule has 82 valence electrons. The standard InChI is InChI=1S/C11H15NO3/c1-7(2)15-8-4-5-9(10(12)6-8)11(13)14-3/h4-7H,12H2,1-3H3. The normalized spacial score (nSPS) is 10.1. The minimum absolute atomic E-state index is 0.0772. The van der Waals surface area contributed by atoms with Gasteiger partial charge in [-0.25, -0.2) is 4.79 Å². The Morgan fingerprint density at radius 1 is 1.40 bits per heavy atom. The van der Waals surface area contributed by atoms with Crippen LogP contribution in [-0.2, 0) is 4.74 Å². The monoisotopic (exact) mass is 209 g/mol. The third-order valence-corrected chi connectivity index (χ3v) is 1.80. The summed E-state index contributed by atoms with van der Waals surface area (Å²) in [5.74, 6) is 0.207. The second-order valence-electron chi connectivity index (χ2n) is 3.41. The van der Waals surface area contributed by atoms with E-state index in [2.05, 4.69) is 4.74 Å². The van der Waals surface area contributed by atoms with Gasteiger partial charge in [0, 0.05) is 11.8 Å². The number of hydrogen-bond donors (Lipinski definition) is 1. The van der Waals surface area contributed by atoms with Gasteiger partial charge in [0.05, 0.1) is 18.8 Å². The van der Waals surface area contributed by atoms with E-state index in [1.165, 1.54) is 7.11 Å². The molecule has 0 fully saturated rings. The summed E-state index contributed by atoms with van der Waals surface area (Å²) in [6.07, 6.45) is 0.0772. The number of carbonyl (C=O) groups is 1. The summed E-state index contributed by atoms with van der Waals surface area (Å²) < 4.78 is 10.0. The molecular weight excluding hydrogens is 194 g/mol. The molecule has 0 bridgehead atoms. The fourth-order valence-corrected chi connectivity index (χ4v) is 1.18. The molecule has 0 spiro atoms. The van der Waals surface area contributed by atoms with Crippen LogP contribution in [0.4, 0.5) is 5.69 Å². The number of rotatable bonds is 3. The van der Waals surface area contributed by atoms with Crippen molar-refractivity contribution in [2.45, 2.75) is 20.0 Å². The van der Waals surface area contributed by atoms with Gasteiger partial charge in [-0.3, -0.25) is 0 Å². The predicted octanol–water partition coefficient (Wildman–Crippen LogP) is 1.84. The van der Waals surface area contributed by atoms with Gasteiger partial charge in [0.25, 0.3) is 0 Å². The van der Waals surface area contributed by atoms with E-state index in [9.17, 15) is 4.79 Å². The van der Waals surface area contributed by atoms with Crippen molar-refractivity contribution in [3.63, 3.8) is 0 Å². The second-order valence-corrected chi connectivity index (χ2v) is 3.41. The maximum atomic E-state index is 11.2. The summed E-state index contributed by atoms with van der Waals surface area (Å²) in [6.45, 7) is 3.84. The van der Waals surface area contributed by atoms with Crippen molar-refractivity contribution in [3.8, 4) is 5.75 Å². The quantitative estimate of drug-likeness (QED) is 0.609. The van der Waals surface area contributed by atoms with Crippen LogP contribution in [0.2, 0.25) is 0 Å². The lowest BCUT2D eigenvalue weighted by molar-refractivity contribution is 0.0602. The molecule has 0 saturated carbocycles. The largest absolute Gasteiger partial charge is 0.491 e. The Hall–Kier alpha value is -1.71. The first-order valence-electron chi connectivity index (χ1n) is 4.69. The zero-order valence-electron chi connectivity index (χ0n) is 9.11. The number of methoxy groups -OCH3 is 1. The molecule has 0 aromatic heterocycles. The van der Waals surface area contributed by atoms with Gasteiger partial charge < -0.3 is 15.2 Å². The second kappa shape index (κ2) is 4.68.